The highest BCUT2D eigenvalue weighted by Gasteiger charge is 2.23. The Kier molecular flexibility index (Phi) is 7.84. The van der Waals surface area contributed by atoms with E-state index in [0.717, 1.165) is 76.8 Å². The van der Waals surface area contributed by atoms with Crippen LogP contribution in [-0.2, 0) is 13.1 Å². The Morgan fingerprint density at radius 2 is 1.22 bits per heavy atom. The Hall–Kier alpha value is -3.35. The molecule has 3 aromatic rings. The molecule has 0 aliphatic carbocycles. The van der Waals surface area contributed by atoms with Gasteiger partial charge in [0.2, 0.25) is 0 Å². The highest BCUT2D eigenvalue weighted by Crippen LogP contribution is 2.21. The summed E-state index contributed by atoms with van der Waals surface area (Å²) in [5, 5.41) is 0. The number of piperazine rings is 2. The van der Waals surface area contributed by atoms with Gasteiger partial charge in [0.25, 0.3) is 5.91 Å². The van der Waals surface area contributed by atoms with Crippen molar-refractivity contribution in [2.24, 2.45) is 0 Å². The molecule has 0 atom stereocenters. The summed E-state index contributed by atoms with van der Waals surface area (Å²) in [7, 11) is 1.68. The van der Waals surface area contributed by atoms with Gasteiger partial charge >= 0.3 is 0 Å². The molecule has 36 heavy (non-hydrogen) atoms. The van der Waals surface area contributed by atoms with E-state index in [-0.39, 0.29) is 5.91 Å². The van der Waals surface area contributed by atoms with Crippen molar-refractivity contribution >= 4 is 11.6 Å². The average molecular weight is 485 g/mol. The van der Waals surface area contributed by atoms with Crippen molar-refractivity contribution in [1.82, 2.24) is 14.7 Å². The predicted molar refractivity (Wildman–Crippen MR) is 145 cm³/mol. The summed E-state index contributed by atoms with van der Waals surface area (Å²) in [6, 6.07) is 27.1. The van der Waals surface area contributed by atoms with Gasteiger partial charge in [-0.15, -0.1) is 0 Å². The highest BCUT2D eigenvalue weighted by atomic mass is 16.5. The second-order valence-electron chi connectivity index (χ2n) is 9.71. The number of benzene rings is 3. The van der Waals surface area contributed by atoms with Crippen molar-refractivity contribution in [3.8, 4) is 5.75 Å². The summed E-state index contributed by atoms with van der Waals surface area (Å²) in [5.74, 6) is 0.992. The van der Waals surface area contributed by atoms with Crippen LogP contribution in [0.25, 0.3) is 0 Å². The fourth-order valence-corrected chi connectivity index (χ4v) is 5.10. The molecule has 2 fully saturated rings. The van der Waals surface area contributed by atoms with Crippen LogP contribution in [0.15, 0.2) is 78.9 Å². The van der Waals surface area contributed by atoms with Gasteiger partial charge in [0.1, 0.15) is 5.75 Å². The molecule has 0 unspecified atom stereocenters. The van der Waals surface area contributed by atoms with Gasteiger partial charge in [-0.3, -0.25) is 14.6 Å². The Labute approximate surface area is 214 Å². The average Bonchev–Trinajstić information content (AvgIpc) is 2.95. The molecule has 2 aliphatic heterocycles. The van der Waals surface area contributed by atoms with Crippen LogP contribution in [0.2, 0.25) is 0 Å². The van der Waals surface area contributed by atoms with Crippen LogP contribution in [0.1, 0.15) is 21.5 Å². The second kappa shape index (κ2) is 11.6. The van der Waals surface area contributed by atoms with E-state index in [9.17, 15) is 4.79 Å². The number of rotatable bonds is 7. The minimum absolute atomic E-state index is 0.130. The van der Waals surface area contributed by atoms with Crippen molar-refractivity contribution in [1.29, 1.82) is 0 Å². The molecule has 5 rings (SSSR count). The van der Waals surface area contributed by atoms with Gasteiger partial charge in [-0.1, -0.05) is 42.5 Å². The van der Waals surface area contributed by atoms with Crippen LogP contribution in [0.4, 0.5) is 5.69 Å². The number of amides is 1. The van der Waals surface area contributed by atoms with E-state index in [1.54, 1.807) is 7.11 Å². The predicted octanol–water partition coefficient (Wildman–Crippen LogP) is 3.98. The van der Waals surface area contributed by atoms with Crippen molar-refractivity contribution in [3.05, 3.63) is 95.6 Å². The monoisotopic (exact) mass is 484 g/mol. The van der Waals surface area contributed by atoms with E-state index < -0.39 is 0 Å². The van der Waals surface area contributed by atoms with Gasteiger partial charge in [-0.25, -0.2) is 0 Å². The van der Waals surface area contributed by atoms with Crippen LogP contribution in [-0.4, -0.2) is 80.1 Å². The fourth-order valence-electron chi connectivity index (χ4n) is 5.10. The van der Waals surface area contributed by atoms with Gasteiger partial charge in [-0.05, 0) is 47.5 Å². The molecule has 1 amide bonds. The van der Waals surface area contributed by atoms with E-state index in [0.29, 0.717) is 0 Å². The van der Waals surface area contributed by atoms with Crippen molar-refractivity contribution < 1.29 is 9.53 Å². The first kappa shape index (κ1) is 24.3. The Bertz CT molecular complexity index is 1100. The van der Waals surface area contributed by atoms with Crippen LogP contribution in [0.3, 0.4) is 0 Å². The maximum Gasteiger partial charge on any atom is 0.253 e. The molecule has 2 heterocycles. The van der Waals surface area contributed by atoms with Crippen LogP contribution in [0.5, 0.6) is 5.75 Å². The molecule has 6 heteroatoms. The first-order valence-corrected chi connectivity index (χ1v) is 12.9. The third-order valence-electron chi connectivity index (χ3n) is 7.33. The lowest BCUT2D eigenvalue weighted by molar-refractivity contribution is 0.0746. The lowest BCUT2D eigenvalue weighted by atomic mass is 10.1. The van der Waals surface area contributed by atoms with E-state index >= 15 is 0 Å². The molecular weight excluding hydrogens is 448 g/mol. The summed E-state index contributed by atoms with van der Waals surface area (Å²) in [6.07, 6.45) is 0. The van der Waals surface area contributed by atoms with Crippen LogP contribution >= 0.6 is 0 Å². The maximum atomic E-state index is 13.1. The van der Waals surface area contributed by atoms with Crippen molar-refractivity contribution in [3.63, 3.8) is 0 Å². The topological polar surface area (TPSA) is 39.3 Å². The summed E-state index contributed by atoms with van der Waals surface area (Å²) < 4.78 is 5.25. The number of hydrogen-bond donors (Lipinski definition) is 0. The largest absolute Gasteiger partial charge is 0.497 e. The van der Waals surface area contributed by atoms with E-state index in [1.807, 2.05) is 29.2 Å². The zero-order valence-electron chi connectivity index (χ0n) is 21.2. The molecule has 0 N–H and O–H groups in total. The number of methoxy groups -OCH3 is 1. The third-order valence-corrected chi connectivity index (χ3v) is 7.33. The highest BCUT2D eigenvalue weighted by molar-refractivity contribution is 5.94. The Morgan fingerprint density at radius 1 is 0.667 bits per heavy atom. The van der Waals surface area contributed by atoms with Gasteiger partial charge in [-0.2, -0.15) is 0 Å². The molecule has 3 aromatic carbocycles. The number of carbonyl (C=O) groups is 1. The van der Waals surface area contributed by atoms with Gasteiger partial charge in [0.15, 0.2) is 0 Å². The van der Waals surface area contributed by atoms with E-state index in [2.05, 4.69) is 69.3 Å². The van der Waals surface area contributed by atoms with Crippen LogP contribution < -0.4 is 9.64 Å². The molecule has 2 saturated heterocycles. The number of nitrogens with zero attached hydrogens (tertiary/aromatic N) is 4. The quantitative estimate of drug-likeness (QED) is 0.507. The Balaban J connectivity index is 1.07. The molecule has 188 valence electrons. The zero-order valence-corrected chi connectivity index (χ0v) is 21.2. The van der Waals surface area contributed by atoms with E-state index in [4.69, 9.17) is 4.74 Å². The van der Waals surface area contributed by atoms with Crippen molar-refractivity contribution in [2.45, 2.75) is 13.1 Å². The third kappa shape index (κ3) is 6.07. The number of ether oxygens (including phenoxy) is 1. The molecule has 6 nitrogen and oxygen atoms in total. The van der Waals surface area contributed by atoms with E-state index in [1.165, 1.54) is 16.8 Å². The minimum atomic E-state index is 0.130. The summed E-state index contributed by atoms with van der Waals surface area (Å²) in [6.45, 7) is 9.45. The second-order valence-corrected chi connectivity index (χ2v) is 9.71. The first-order chi connectivity index (χ1) is 17.7. The molecular formula is C30H36N4O2. The number of hydrogen-bond acceptors (Lipinski definition) is 5. The molecule has 0 radical (unpaired) electrons. The SMILES string of the molecule is COc1ccc(N2CCN(C(=O)c3ccc(CN4CCN(Cc5ccccc5)CC4)cc3)CC2)cc1. The summed E-state index contributed by atoms with van der Waals surface area (Å²) >= 11 is 0. The molecule has 0 aromatic heterocycles. The fraction of sp³-hybridized carbons (Fsp3) is 0.367. The van der Waals surface area contributed by atoms with Gasteiger partial charge < -0.3 is 14.5 Å². The summed E-state index contributed by atoms with van der Waals surface area (Å²) in [4.78, 5) is 22.4. The molecule has 0 saturated carbocycles. The normalized spacial score (nSPS) is 17.2. The smallest absolute Gasteiger partial charge is 0.253 e. The standard InChI is InChI=1S/C30H36N4O2/c1-36-29-13-11-28(12-14-29)33-19-21-34(22-20-33)30(35)27-9-7-26(8-10-27)24-32-17-15-31(16-18-32)23-25-5-3-2-4-6-25/h2-14H,15-24H2,1H3. The van der Waals surface area contributed by atoms with Gasteiger partial charge in [0.05, 0.1) is 7.11 Å². The molecule has 0 bridgehead atoms. The lowest BCUT2D eigenvalue weighted by Gasteiger charge is -2.36. The lowest BCUT2D eigenvalue weighted by Crippen LogP contribution is -2.48. The van der Waals surface area contributed by atoms with Crippen molar-refractivity contribution in [2.75, 3.05) is 64.4 Å². The maximum absolute atomic E-state index is 13.1. The molecule has 0 spiro atoms. The van der Waals surface area contributed by atoms with Gasteiger partial charge in [0, 0.05) is 76.7 Å². The summed E-state index contributed by atoms with van der Waals surface area (Å²) in [5.41, 5.74) is 4.61. The Morgan fingerprint density at radius 3 is 1.78 bits per heavy atom. The number of carbonyl (C=O) groups excluding carboxylic acids is 1. The first-order valence-electron chi connectivity index (χ1n) is 12.9. The molecule has 2 aliphatic rings. The zero-order chi connectivity index (χ0) is 24.7. The van der Waals surface area contributed by atoms with Crippen LogP contribution in [0, 0.1) is 0 Å². The minimum Gasteiger partial charge on any atom is -0.497 e. The number of anilines is 1.